The van der Waals surface area contributed by atoms with Gasteiger partial charge in [-0.05, 0) is 43.0 Å². The van der Waals surface area contributed by atoms with Gasteiger partial charge in [-0.2, -0.15) is 0 Å². The summed E-state index contributed by atoms with van der Waals surface area (Å²) in [5.41, 5.74) is 4.11. The van der Waals surface area contributed by atoms with Crippen LogP contribution in [0.25, 0.3) is 11.1 Å². The van der Waals surface area contributed by atoms with Crippen molar-refractivity contribution in [2.75, 3.05) is 6.61 Å². The van der Waals surface area contributed by atoms with Crippen LogP contribution in [0.2, 0.25) is 0 Å². The third-order valence-corrected chi connectivity index (χ3v) is 5.80. The van der Waals surface area contributed by atoms with Gasteiger partial charge in [-0.3, -0.25) is 9.59 Å². The third-order valence-electron chi connectivity index (χ3n) is 5.80. The van der Waals surface area contributed by atoms with Gasteiger partial charge in [-0.15, -0.1) is 0 Å². The number of alkyl carbamates (subject to hydrolysis) is 1. The summed E-state index contributed by atoms with van der Waals surface area (Å²) in [6.45, 7) is 5.35. The summed E-state index contributed by atoms with van der Waals surface area (Å²) in [6, 6.07) is 23.5. The molecule has 1 aliphatic carbocycles. The first-order valence-corrected chi connectivity index (χ1v) is 11.7. The highest BCUT2D eigenvalue weighted by Gasteiger charge is 2.31. The number of ether oxygens (including phenoxy) is 2. The van der Waals surface area contributed by atoms with Crippen LogP contribution in [0.15, 0.2) is 78.9 Å². The van der Waals surface area contributed by atoms with Crippen LogP contribution in [0.3, 0.4) is 0 Å². The number of fused-ring (bicyclic) bond motifs is 3. The summed E-state index contributed by atoms with van der Waals surface area (Å²) in [5.74, 6) is -1.07. The van der Waals surface area contributed by atoms with E-state index in [0.29, 0.717) is 5.56 Å². The number of amides is 1. The molecule has 0 unspecified atom stereocenters. The number of rotatable bonds is 7. The van der Waals surface area contributed by atoms with Gasteiger partial charge in [0, 0.05) is 11.5 Å². The average molecular weight is 472 g/mol. The lowest BCUT2D eigenvalue weighted by Crippen LogP contribution is -2.43. The van der Waals surface area contributed by atoms with Crippen molar-refractivity contribution in [3.8, 4) is 11.1 Å². The second-order valence-corrected chi connectivity index (χ2v) is 9.54. The predicted octanol–water partition coefficient (Wildman–Crippen LogP) is 5.51. The van der Waals surface area contributed by atoms with E-state index >= 15 is 0 Å². The van der Waals surface area contributed by atoms with E-state index in [1.165, 1.54) is 0 Å². The Morgan fingerprint density at radius 1 is 0.829 bits per heavy atom. The number of hydrogen-bond acceptors (Lipinski definition) is 5. The summed E-state index contributed by atoms with van der Waals surface area (Å²) in [5, 5.41) is 2.59. The van der Waals surface area contributed by atoms with Crippen LogP contribution in [0.4, 0.5) is 4.79 Å². The van der Waals surface area contributed by atoms with Crippen molar-refractivity contribution in [1.29, 1.82) is 0 Å². The number of benzene rings is 3. The van der Waals surface area contributed by atoms with E-state index in [4.69, 9.17) is 9.47 Å². The summed E-state index contributed by atoms with van der Waals surface area (Å²) >= 11 is 0. The molecule has 0 heterocycles. The molecule has 1 atom stereocenters. The molecule has 3 aromatic carbocycles. The summed E-state index contributed by atoms with van der Waals surface area (Å²) in [4.78, 5) is 38.4. The number of ketones is 1. The van der Waals surface area contributed by atoms with Gasteiger partial charge in [0.25, 0.3) is 0 Å². The predicted molar refractivity (Wildman–Crippen MR) is 133 cm³/mol. The fourth-order valence-corrected chi connectivity index (χ4v) is 4.35. The normalized spacial score (nSPS) is 13.3. The van der Waals surface area contributed by atoms with E-state index in [0.717, 1.165) is 22.3 Å². The Labute approximate surface area is 205 Å². The molecule has 3 aromatic rings. The fraction of sp³-hybridized carbons (Fsp3) is 0.276. The van der Waals surface area contributed by atoms with E-state index in [1.807, 2.05) is 36.4 Å². The molecule has 6 heteroatoms. The van der Waals surface area contributed by atoms with Crippen molar-refractivity contribution in [2.24, 2.45) is 0 Å². The SMILES string of the molecule is CC(C)(C)OC(=O)C[C@H](NC(=O)OCC1c2ccccc2-c2ccccc21)C(=O)c1ccccc1. The average Bonchev–Trinajstić information content (AvgIpc) is 3.15. The van der Waals surface area contributed by atoms with Crippen LogP contribution < -0.4 is 5.32 Å². The second kappa shape index (κ2) is 10.1. The Bertz CT molecular complexity index is 1180. The number of carbonyl (C=O) groups is 3. The zero-order valence-electron chi connectivity index (χ0n) is 20.1. The van der Waals surface area contributed by atoms with E-state index in [1.54, 1.807) is 51.1 Å². The van der Waals surface area contributed by atoms with Crippen LogP contribution in [0, 0.1) is 0 Å². The molecule has 0 radical (unpaired) electrons. The first-order valence-electron chi connectivity index (χ1n) is 11.7. The zero-order chi connectivity index (χ0) is 25.0. The maximum absolute atomic E-state index is 13.1. The molecule has 4 rings (SSSR count). The number of carbonyl (C=O) groups excluding carboxylic acids is 3. The molecule has 180 valence electrons. The summed E-state index contributed by atoms with van der Waals surface area (Å²) < 4.78 is 11.0. The lowest BCUT2D eigenvalue weighted by Gasteiger charge is -2.22. The van der Waals surface area contributed by atoms with E-state index in [9.17, 15) is 14.4 Å². The van der Waals surface area contributed by atoms with Crippen LogP contribution >= 0.6 is 0 Å². The number of hydrogen-bond donors (Lipinski definition) is 1. The quantitative estimate of drug-likeness (QED) is 0.363. The molecule has 1 N–H and O–H groups in total. The highest BCUT2D eigenvalue weighted by Crippen LogP contribution is 2.44. The van der Waals surface area contributed by atoms with Gasteiger partial charge < -0.3 is 14.8 Å². The van der Waals surface area contributed by atoms with Gasteiger partial charge >= 0.3 is 12.1 Å². The Morgan fingerprint density at radius 3 is 1.94 bits per heavy atom. The largest absolute Gasteiger partial charge is 0.460 e. The van der Waals surface area contributed by atoms with Crippen LogP contribution in [0.1, 0.15) is 54.6 Å². The standard InChI is InChI=1S/C29H29NO5/c1-29(2,3)35-26(31)17-25(27(32)19-11-5-4-6-12-19)30-28(33)34-18-24-22-15-9-7-13-20(22)21-14-8-10-16-23(21)24/h4-16,24-25H,17-18H2,1-3H3,(H,30,33)/t25-/m0/s1. The summed E-state index contributed by atoms with van der Waals surface area (Å²) in [7, 11) is 0. The minimum Gasteiger partial charge on any atom is -0.460 e. The lowest BCUT2D eigenvalue weighted by atomic mass is 9.98. The molecule has 35 heavy (non-hydrogen) atoms. The molecular weight excluding hydrogens is 442 g/mol. The summed E-state index contributed by atoms with van der Waals surface area (Å²) in [6.07, 6.45) is -1.06. The molecule has 1 aliphatic rings. The molecule has 0 saturated carbocycles. The molecule has 0 spiro atoms. The van der Waals surface area contributed by atoms with Crippen molar-refractivity contribution in [3.05, 3.63) is 95.6 Å². The molecule has 0 fully saturated rings. The number of nitrogens with one attached hydrogen (secondary N) is 1. The van der Waals surface area contributed by atoms with E-state index in [-0.39, 0.29) is 24.7 Å². The zero-order valence-corrected chi connectivity index (χ0v) is 20.1. The van der Waals surface area contributed by atoms with Gasteiger partial charge in [0.1, 0.15) is 18.2 Å². The van der Waals surface area contributed by atoms with Crippen molar-refractivity contribution >= 4 is 17.8 Å². The third kappa shape index (κ3) is 5.77. The Kier molecular flexibility index (Phi) is 7.01. The fourth-order valence-electron chi connectivity index (χ4n) is 4.35. The molecule has 0 aromatic heterocycles. The molecule has 6 nitrogen and oxygen atoms in total. The Hall–Kier alpha value is -3.93. The van der Waals surface area contributed by atoms with Crippen molar-refractivity contribution in [1.82, 2.24) is 5.32 Å². The molecule has 0 aliphatic heterocycles. The van der Waals surface area contributed by atoms with Crippen molar-refractivity contribution < 1.29 is 23.9 Å². The van der Waals surface area contributed by atoms with Crippen molar-refractivity contribution in [3.63, 3.8) is 0 Å². The first kappa shape index (κ1) is 24.2. The maximum Gasteiger partial charge on any atom is 0.407 e. The lowest BCUT2D eigenvalue weighted by molar-refractivity contribution is -0.155. The van der Waals surface area contributed by atoms with Crippen LogP contribution in [0.5, 0.6) is 0 Å². The van der Waals surface area contributed by atoms with Gasteiger partial charge in [0.2, 0.25) is 0 Å². The minimum absolute atomic E-state index is 0.109. The van der Waals surface area contributed by atoms with Gasteiger partial charge in [0.05, 0.1) is 6.42 Å². The maximum atomic E-state index is 13.1. The number of esters is 1. The molecule has 0 saturated heterocycles. The smallest absolute Gasteiger partial charge is 0.407 e. The minimum atomic E-state index is -1.11. The highest BCUT2D eigenvalue weighted by atomic mass is 16.6. The van der Waals surface area contributed by atoms with Gasteiger partial charge in [0.15, 0.2) is 5.78 Å². The van der Waals surface area contributed by atoms with Crippen LogP contribution in [-0.2, 0) is 14.3 Å². The molecular formula is C29H29NO5. The van der Waals surface area contributed by atoms with E-state index < -0.39 is 23.7 Å². The van der Waals surface area contributed by atoms with Crippen molar-refractivity contribution in [2.45, 2.75) is 44.8 Å². The number of Topliss-reactive ketones (excluding diaryl/α,β-unsaturated/α-hetero) is 1. The monoisotopic (exact) mass is 471 g/mol. The molecule has 1 amide bonds. The van der Waals surface area contributed by atoms with E-state index in [2.05, 4.69) is 17.4 Å². The topological polar surface area (TPSA) is 81.7 Å². The Balaban J connectivity index is 1.47. The van der Waals surface area contributed by atoms with Crippen LogP contribution in [-0.4, -0.2) is 36.1 Å². The van der Waals surface area contributed by atoms with Gasteiger partial charge in [-0.25, -0.2) is 4.79 Å². The Morgan fingerprint density at radius 2 is 1.37 bits per heavy atom. The molecule has 0 bridgehead atoms. The first-order chi connectivity index (χ1) is 16.7. The highest BCUT2D eigenvalue weighted by molar-refractivity contribution is 6.03. The second-order valence-electron chi connectivity index (χ2n) is 9.54. The van der Waals surface area contributed by atoms with Gasteiger partial charge in [-0.1, -0.05) is 78.9 Å².